The number of allylic oxidation sites excluding steroid dienone is 2. The molecule has 5 aliphatic carbocycles. The van der Waals surface area contributed by atoms with Gasteiger partial charge in [0.05, 0.1) is 42.4 Å². The van der Waals surface area contributed by atoms with E-state index in [9.17, 15) is 81.1 Å². The van der Waals surface area contributed by atoms with E-state index < -0.39 is 199 Å². The molecular formula is C59H92O27. The van der Waals surface area contributed by atoms with Gasteiger partial charge in [-0.2, -0.15) is 0 Å². The average Bonchev–Trinajstić information content (AvgIpc) is 0.685. The van der Waals surface area contributed by atoms with Crippen LogP contribution in [-0.4, -0.2) is 256 Å². The van der Waals surface area contributed by atoms with Gasteiger partial charge in [-0.05, 0) is 117 Å². The lowest BCUT2D eigenvalue weighted by Gasteiger charge is -2.71. The number of esters is 1. The van der Waals surface area contributed by atoms with Crippen molar-refractivity contribution in [2.24, 2.45) is 50.2 Å². The molecule has 27 heteroatoms. The van der Waals surface area contributed by atoms with Crippen molar-refractivity contribution in [3.8, 4) is 0 Å². The number of hydrogen-bond acceptors (Lipinski definition) is 26. The van der Waals surface area contributed by atoms with Crippen molar-refractivity contribution >= 4 is 18.2 Å². The van der Waals surface area contributed by atoms with E-state index in [1.807, 2.05) is 0 Å². The zero-order chi connectivity index (χ0) is 62.9. The molecule has 0 spiro atoms. The molecule has 14 N–H and O–H groups in total. The number of aliphatic carboxylic acids is 1. The Balaban J connectivity index is 0.882. The molecule has 86 heavy (non-hydrogen) atoms. The van der Waals surface area contributed by atoms with Crippen LogP contribution in [0.2, 0.25) is 0 Å². The van der Waals surface area contributed by atoms with E-state index >= 15 is 4.79 Å². The fourth-order valence-corrected chi connectivity index (χ4v) is 17.5. The van der Waals surface area contributed by atoms with Crippen molar-refractivity contribution in [2.45, 2.75) is 273 Å². The summed E-state index contributed by atoms with van der Waals surface area (Å²) in [6, 6.07) is 0. The van der Waals surface area contributed by atoms with E-state index in [1.54, 1.807) is 6.92 Å². The van der Waals surface area contributed by atoms with Crippen molar-refractivity contribution in [3.63, 3.8) is 0 Å². The number of fused-ring (bicyclic) bond motifs is 7. The van der Waals surface area contributed by atoms with E-state index in [-0.39, 0.29) is 36.2 Å². The molecule has 4 saturated carbocycles. The van der Waals surface area contributed by atoms with Crippen LogP contribution in [0.25, 0.3) is 0 Å². The number of aliphatic hydroxyl groups is 13. The Morgan fingerprint density at radius 1 is 0.593 bits per heavy atom. The fraction of sp³-hybridized carbons (Fsp3) is 0.915. The Morgan fingerprint density at radius 2 is 1.19 bits per heavy atom. The zero-order valence-corrected chi connectivity index (χ0v) is 49.9. The summed E-state index contributed by atoms with van der Waals surface area (Å²) in [5.74, 6) is -2.90. The van der Waals surface area contributed by atoms with Crippen LogP contribution in [0.1, 0.15) is 120 Å². The van der Waals surface area contributed by atoms with Gasteiger partial charge in [-0.1, -0.05) is 53.2 Å². The summed E-state index contributed by atoms with van der Waals surface area (Å²) in [6.45, 7) is 14.7. The summed E-state index contributed by atoms with van der Waals surface area (Å²) in [4.78, 5) is 41.8. The molecule has 10 rings (SSSR count). The number of hydrogen-bond donors (Lipinski definition) is 14. The van der Waals surface area contributed by atoms with E-state index in [1.165, 1.54) is 13.8 Å². The Hall–Kier alpha value is -2.53. The monoisotopic (exact) mass is 1230 g/mol. The predicted molar refractivity (Wildman–Crippen MR) is 288 cm³/mol. The minimum atomic E-state index is -2.08. The van der Waals surface area contributed by atoms with Gasteiger partial charge in [-0.15, -0.1) is 0 Å². The quantitative estimate of drug-likeness (QED) is 0.0401. The largest absolute Gasteiger partial charge is 0.479 e. The van der Waals surface area contributed by atoms with Crippen molar-refractivity contribution in [3.05, 3.63) is 11.6 Å². The molecule has 5 heterocycles. The SMILES string of the molecule is C[C@@H]1O[C@@H](O[C@H]2[C@H](OC(=O)[C@]34CCC(C)(C)C[C@H]3C3=CC[C@@H]5[C@@]6(C)CC[C@H](O[C@@H]7O[C@H](C(=O)O)[C@@H](O)[C@H](O)[C@H]7O[C@@H]7O[C@H](CO)[C@H](O)[C@H](O)[C@H]7O)[C@@](C)(C=O)[C@@H]6CC[C@@]5(C)[C@]3(C)CC4)O[C@H](C)[C@H](O)[C@@H]2O)[C@H](O)[C@H](O)[C@H]1O[C@@H]1OC[C@@H](O)[C@H](O)[C@H]1O. The van der Waals surface area contributed by atoms with Gasteiger partial charge in [-0.25, -0.2) is 4.79 Å². The highest BCUT2D eigenvalue weighted by Gasteiger charge is 2.71. The van der Waals surface area contributed by atoms with Crippen LogP contribution < -0.4 is 0 Å². The number of carbonyl (C=O) groups excluding carboxylic acids is 2. The summed E-state index contributed by atoms with van der Waals surface area (Å²) in [5.41, 5.74) is -2.83. The topological polar surface area (TPSA) is 427 Å². The first-order valence-electron chi connectivity index (χ1n) is 30.5. The predicted octanol–water partition coefficient (Wildman–Crippen LogP) is -2.25. The number of aliphatic hydroxyl groups excluding tert-OH is 13. The normalized spacial score (nSPS) is 54.6. The molecule has 490 valence electrons. The minimum absolute atomic E-state index is 0.0159. The van der Waals surface area contributed by atoms with Gasteiger partial charge in [0, 0.05) is 0 Å². The van der Waals surface area contributed by atoms with E-state index in [0.29, 0.717) is 57.8 Å². The highest BCUT2D eigenvalue weighted by Crippen LogP contribution is 2.76. The highest BCUT2D eigenvalue weighted by molar-refractivity contribution is 5.79. The molecule has 0 aromatic heterocycles. The lowest BCUT2D eigenvalue weighted by Crippen LogP contribution is -2.68. The number of aldehydes is 1. The van der Waals surface area contributed by atoms with Crippen LogP contribution in [0.3, 0.4) is 0 Å². The number of ether oxygens (including phenoxy) is 10. The van der Waals surface area contributed by atoms with Crippen LogP contribution >= 0.6 is 0 Å². The molecule has 5 aliphatic heterocycles. The van der Waals surface area contributed by atoms with Crippen molar-refractivity contribution in [1.82, 2.24) is 0 Å². The maximum absolute atomic E-state index is 15.5. The smallest absolute Gasteiger partial charge is 0.335 e. The summed E-state index contributed by atoms with van der Waals surface area (Å²) in [6.07, 6.45) is -32.8. The van der Waals surface area contributed by atoms with Crippen LogP contribution in [0.15, 0.2) is 11.6 Å². The van der Waals surface area contributed by atoms with Crippen molar-refractivity contribution in [1.29, 1.82) is 0 Å². The van der Waals surface area contributed by atoms with Gasteiger partial charge in [-0.3, -0.25) is 4.79 Å². The number of rotatable bonds is 13. The van der Waals surface area contributed by atoms with Crippen LogP contribution in [0, 0.1) is 50.2 Å². The third kappa shape index (κ3) is 10.9. The van der Waals surface area contributed by atoms with Gasteiger partial charge in [0.25, 0.3) is 0 Å². The second-order valence-corrected chi connectivity index (χ2v) is 28.3. The molecule has 0 unspecified atom stereocenters. The molecule has 9 fully saturated rings. The molecule has 27 nitrogen and oxygen atoms in total. The number of carboxylic acids is 1. The molecule has 0 aromatic carbocycles. The van der Waals surface area contributed by atoms with E-state index in [4.69, 9.17) is 47.4 Å². The van der Waals surface area contributed by atoms with E-state index in [2.05, 4.69) is 40.7 Å². The molecule has 33 atom stereocenters. The Labute approximate surface area is 498 Å². The van der Waals surface area contributed by atoms with Gasteiger partial charge >= 0.3 is 11.9 Å². The fourth-order valence-electron chi connectivity index (χ4n) is 17.5. The second-order valence-electron chi connectivity index (χ2n) is 28.3. The van der Waals surface area contributed by atoms with Gasteiger partial charge < -0.3 is 124 Å². The van der Waals surface area contributed by atoms with Crippen LogP contribution in [0.5, 0.6) is 0 Å². The first-order valence-corrected chi connectivity index (χ1v) is 30.5. The molecule has 0 aromatic rings. The third-order valence-electron chi connectivity index (χ3n) is 23.0. The van der Waals surface area contributed by atoms with Crippen LogP contribution in [-0.2, 0) is 61.8 Å². The van der Waals surface area contributed by atoms with Gasteiger partial charge in [0.2, 0.25) is 6.29 Å². The molecule has 10 aliphatic rings. The molecule has 5 saturated heterocycles. The molecule has 0 bridgehead atoms. The number of carbonyl (C=O) groups is 3. The summed E-state index contributed by atoms with van der Waals surface area (Å²) in [7, 11) is 0. The first kappa shape index (κ1) is 66.4. The Bertz CT molecular complexity index is 2490. The summed E-state index contributed by atoms with van der Waals surface area (Å²) in [5, 5.41) is 150. The van der Waals surface area contributed by atoms with Crippen LogP contribution in [0.4, 0.5) is 0 Å². The standard InChI is InChI=1S/C59H92O27/c1-23-32(63)36(67)45(84-49-42(73)39(70)43(24(2)79-49)82-48-40(71)33(64)27(62)21-77-48)51(78-23)86-53(76)59-17-15-54(3,4)19-26(59)25-9-10-30-55(5)13-12-31(56(6,22-61)29(55)11-14-58(30,8)57(25,7)16-18-59)81-52-46(38(69)37(68)44(83-52)47(74)75)85-50-41(72)35(66)34(65)28(20-60)80-50/h9,22-24,26-46,48-52,60,62-73H,10-21H2,1-8H3,(H,74,75)/t23-,24+,26+,27-,28-,29-,30-,31+,32+,33+,34+,35+,36+,37+,38+,39+,40-,41-,42-,43+,44+,45-,46-,48+,49+,50+,51+,52-,55+,56+,57-,58-,59+/m1/s1. The lowest BCUT2D eigenvalue weighted by molar-refractivity contribution is -0.373. The molecular weight excluding hydrogens is 1140 g/mol. The lowest BCUT2D eigenvalue weighted by atomic mass is 9.33. The number of carboxylic acid groups (broad SMARTS) is 1. The van der Waals surface area contributed by atoms with Gasteiger partial charge in [0.1, 0.15) is 97.8 Å². The van der Waals surface area contributed by atoms with Crippen molar-refractivity contribution in [2.75, 3.05) is 13.2 Å². The highest BCUT2D eigenvalue weighted by atomic mass is 16.8. The maximum atomic E-state index is 15.5. The molecule has 0 radical (unpaired) electrons. The van der Waals surface area contributed by atoms with Gasteiger partial charge in [0.15, 0.2) is 37.4 Å². The second kappa shape index (κ2) is 24.2. The Kier molecular flexibility index (Phi) is 18.7. The summed E-state index contributed by atoms with van der Waals surface area (Å²) < 4.78 is 59.7. The van der Waals surface area contributed by atoms with E-state index in [0.717, 1.165) is 11.9 Å². The zero-order valence-electron chi connectivity index (χ0n) is 49.9. The average molecular weight is 1230 g/mol. The molecule has 0 amide bonds. The minimum Gasteiger partial charge on any atom is -0.479 e. The first-order chi connectivity index (χ1) is 40.2. The Morgan fingerprint density at radius 3 is 1.85 bits per heavy atom. The maximum Gasteiger partial charge on any atom is 0.335 e. The third-order valence-corrected chi connectivity index (χ3v) is 23.0. The summed E-state index contributed by atoms with van der Waals surface area (Å²) >= 11 is 0. The van der Waals surface area contributed by atoms with Crippen molar-refractivity contribution < 1.29 is 133 Å².